The first-order valence-corrected chi connectivity index (χ1v) is 8.03. The molecule has 0 fully saturated rings. The summed E-state index contributed by atoms with van der Waals surface area (Å²) in [5.41, 5.74) is 0.716. The number of hydrogen-bond acceptors (Lipinski definition) is 7. The Morgan fingerprint density at radius 2 is 2.17 bits per heavy atom. The number of fused-ring (bicyclic) bond motifs is 1. The molecule has 0 saturated carbocycles. The molecule has 2 amide bonds. The van der Waals surface area contributed by atoms with Gasteiger partial charge in [-0.3, -0.25) is 9.59 Å². The maximum atomic E-state index is 12.1. The molecule has 9 heteroatoms. The number of aromatic nitrogens is 1. The van der Waals surface area contributed by atoms with E-state index in [-0.39, 0.29) is 19.1 Å². The second-order valence-corrected chi connectivity index (χ2v) is 5.89. The van der Waals surface area contributed by atoms with Gasteiger partial charge in [0.2, 0.25) is 12.7 Å². The topological polar surface area (TPSA) is 110 Å². The van der Waals surface area contributed by atoms with Gasteiger partial charge in [0.25, 0.3) is 5.91 Å². The Hall–Kier alpha value is -2.65. The minimum absolute atomic E-state index is 0.0532. The number of aliphatic hydroxyl groups is 1. The van der Waals surface area contributed by atoms with Gasteiger partial charge in [-0.2, -0.15) is 0 Å². The number of thiazole rings is 1. The van der Waals surface area contributed by atoms with Crippen LogP contribution in [0.4, 0.5) is 5.13 Å². The predicted octanol–water partition coefficient (Wildman–Crippen LogP) is 0.530. The molecule has 3 rings (SSSR count). The number of carbonyl (C=O) groups excluding carboxylic acids is 2. The highest BCUT2D eigenvalue weighted by atomic mass is 32.1. The summed E-state index contributed by atoms with van der Waals surface area (Å²) in [5.74, 6) is 0.310. The van der Waals surface area contributed by atoms with Crippen molar-refractivity contribution in [1.82, 2.24) is 10.3 Å². The smallest absolute Gasteiger partial charge is 0.251 e. The summed E-state index contributed by atoms with van der Waals surface area (Å²) in [6.45, 7) is -0.349. The van der Waals surface area contributed by atoms with Crippen molar-refractivity contribution in [3.63, 3.8) is 0 Å². The molecule has 1 aromatic heterocycles. The van der Waals surface area contributed by atoms with Gasteiger partial charge in [0.15, 0.2) is 16.6 Å². The first-order valence-electron chi connectivity index (χ1n) is 7.15. The molecular formula is C15H15N3O5S. The third-order valence-corrected chi connectivity index (χ3v) is 3.99. The Morgan fingerprint density at radius 3 is 2.92 bits per heavy atom. The van der Waals surface area contributed by atoms with Crippen molar-refractivity contribution in [2.75, 3.05) is 18.7 Å². The van der Waals surface area contributed by atoms with Crippen LogP contribution in [0.2, 0.25) is 0 Å². The van der Waals surface area contributed by atoms with Crippen molar-refractivity contribution in [2.45, 2.75) is 12.5 Å². The molecule has 2 aromatic rings. The summed E-state index contributed by atoms with van der Waals surface area (Å²) >= 11 is 1.25. The lowest BCUT2D eigenvalue weighted by molar-refractivity contribution is -0.126. The van der Waals surface area contributed by atoms with E-state index in [0.717, 1.165) is 0 Å². The van der Waals surface area contributed by atoms with Gasteiger partial charge in [-0.05, 0) is 17.7 Å². The zero-order chi connectivity index (χ0) is 16.9. The van der Waals surface area contributed by atoms with Gasteiger partial charge >= 0.3 is 0 Å². The molecule has 24 heavy (non-hydrogen) atoms. The van der Waals surface area contributed by atoms with Gasteiger partial charge in [0.05, 0.1) is 13.0 Å². The van der Waals surface area contributed by atoms with E-state index in [1.165, 1.54) is 11.3 Å². The van der Waals surface area contributed by atoms with Crippen LogP contribution in [0.25, 0.3) is 0 Å². The number of nitrogens with zero attached hydrogens (tertiary/aromatic N) is 1. The fourth-order valence-corrected chi connectivity index (χ4v) is 2.69. The average molecular weight is 349 g/mol. The highest BCUT2D eigenvalue weighted by Gasteiger charge is 2.21. The first-order chi connectivity index (χ1) is 11.7. The summed E-state index contributed by atoms with van der Waals surface area (Å²) in [7, 11) is 0. The molecule has 1 atom stereocenters. The predicted molar refractivity (Wildman–Crippen MR) is 86.0 cm³/mol. The van der Waals surface area contributed by atoms with Gasteiger partial charge in [-0.1, -0.05) is 6.07 Å². The second kappa shape index (κ2) is 7.28. The van der Waals surface area contributed by atoms with Crippen LogP contribution in [-0.2, 0) is 16.0 Å². The van der Waals surface area contributed by atoms with E-state index in [1.807, 2.05) is 0 Å². The van der Waals surface area contributed by atoms with Crippen LogP contribution in [-0.4, -0.2) is 41.3 Å². The second-order valence-electron chi connectivity index (χ2n) is 4.99. The average Bonchev–Trinajstić information content (AvgIpc) is 3.23. The van der Waals surface area contributed by atoms with E-state index in [0.29, 0.717) is 22.2 Å². The van der Waals surface area contributed by atoms with Crippen LogP contribution in [0.15, 0.2) is 29.8 Å². The van der Waals surface area contributed by atoms with Crippen molar-refractivity contribution < 1.29 is 24.2 Å². The van der Waals surface area contributed by atoms with Crippen LogP contribution in [0.1, 0.15) is 5.56 Å². The summed E-state index contributed by atoms with van der Waals surface area (Å²) < 4.78 is 10.5. The third kappa shape index (κ3) is 3.81. The molecule has 2 heterocycles. The van der Waals surface area contributed by atoms with Crippen molar-refractivity contribution in [1.29, 1.82) is 0 Å². The molecule has 8 nitrogen and oxygen atoms in total. The Morgan fingerprint density at radius 1 is 1.33 bits per heavy atom. The number of aliphatic hydroxyl groups excluding tert-OH is 1. The summed E-state index contributed by atoms with van der Waals surface area (Å²) in [4.78, 5) is 28.0. The third-order valence-electron chi connectivity index (χ3n) is 3.30. The van der Waals surface area contributed by atoms with Crippen molar-refractivity contribution >= 4 is 28.3 Å². The molecule has 0 saturated heterocycles. The number of nitrogens with one attached hydrogen (secondary N) is 2. The lowest BCUT2D eigenvalue weighted by Gasteiger charge is -2.15. The molecular weight excluding hydrogens is 334 g/mol. The number of benzene rings is 1. The monoisotopic (exact) mass is 349 g/mol. The minimum Gasteiger partial charge on any atom is -0.454 e. The molecule has 0 unspecified atom stereocenters. The van der Waals surface area contributed by atoms with E-state index < -0.39 is 18.6 Å². The van der Waals surface area contributed by atoms with Gasteiger partial charge in [-0.25, -0.2) is 4.98 Å². The highest BCUT2D eigenvalue weighted by molar-refractivity contribution is 7.13. The molecule has 0 bridgehead atoms. The lowest BCUT2D eigenvalue weighted by Crippen LogP contribution is -2.46. The largest absolute Gasteiger partial charge is 0.454 e. The fourth-order valence-electron chi connectivity index (χ4n) is 2.15. The highest BCUT2D eigenvalue weighted by Crippen LogP contribution is 2.32. The summed E-state index contributed by atoms with van der Waals surface area (Å²) in [5, 5.41) is 16.5. The minimum atomic E-state index is -1.05. The van der Waals surface area contributed by atoms with E-state index in [1.54, 1.807) is 29.8 Å². The van der Waals surface area contributed by atoms with Crippen LogP contribution in [0.5, 0.6) is 11.5 Å². The standard InChI is InChI=1S/C15H15N3O5S/c19-7-10(14(21)18-15-16-3-4-24-15)17-13(20)6-9-1-2-11-12(5-9)23-8-22-11/h1-5,10,19H,6-8H2,(H,17,20)(H,16,18,21)/t10-/m0/s1. The zero-order valence-corrected chi connectivity index (χ0v) is 13.3. The van der Waals surface area contributed by atoms with Gasteiger partial charge in [-0.15, -0.1) is 11.3 Å². The molecule has 0 radical (unpaired) electrons. The number of amides is 2. The number of rotatable bonds is 6. The molecule has 1 aromatic carbocycles. The molecule has 126 valence electrons. The Bertz CT molecular complexity index is 735. The fraction of sp³-hybridized carbons (Fsp3) is 0.267. The Labute approximate surface area is 141 Å². The number of hydrogen-bond donors (Lipinski definition) is 3. The maximum absolute atomic E-state index is 12.1. The number of carbonyl (C=O) groups is 2. The lowest BCUT2D eigenvalue weighted by atomic mass is 10.1. The van der Waals surface area contributed by atoms with Crippen molar-refractivity contribution in [2.24, 2.45) is 0 Å². The summed E-state index contributed by atoms with van der Waals surface area (Å²) in [6.07, 6.45) is 1.60. The van der Waals surface area contributed by atoms with E-state index in [2.05, 4.69) is 15.6 Å². The van der Waals surface area contributed by atoms with E-state index in [4.69, 9.17) is 9.47 Å². The molecule has 3 N–H and O–H groups in total. The molecule has 0 spiro atoms. The number of anilines is 1. The van der Waals surface area contributed by atoms with Crippen LogP contribution in [0.3, 0.4) is 0 Å². The van der Waals surface area contributed by atoms with Crippen LogP contribution >= 0.6 is 11.3 Å². The van der Waals surface area contributed by atoms with Gasteiger partial charge < -0.3 is 25.2 Å². The molecule has 1 aliphatic heterocycles. The van der Waals surface area contributed by atoms with Crippen molar-refractivity contribution in [3.8, 4) is 11.5 Å². The van der Waals surface area contributed by atoms with Crippen LogP contribution in [0, 0.1) is 0 Å². The van der Waals surface area contributed by atoms with Gasteiger partial charge in [0, 0.05) is 11.6 Å². The quantitative estimate of drug-likeness (QED) is 0.702. The zero-order valence-electron chi connectivity index (χ0n) is 12.5. The normalized spacial score (nSPS) is 13.4. The molecule has 0 aliphatic carbocycles. The van der Waals surface area contributed by atoms with E-state index in [9.17, 15) is 14.7 Å². The van der Waals surface area contributed by atoms with Crippen LogP contribution < -0.4 is 20.1 Å². The SMILES string of the molecule is O=C(Cc1ccc2c(c1)OCO2)N[C@@H](CO)C(=O)Nc1nccs1. The Kier molecular flexibility index (Phi) is 4.92. The van der Waals surface area contributed by atoms with Gasteiger partial charge in [0.1, 0.15) is 6.04 Å². The Balaban J connectivity index is 1.57. The van der Waals surface area contributed by atoms with Crippen molar-refractivity contribution in [3.05, 3.63) is 35.3 Å². The number of ether oxygens (including phenoxy) is 2. The molecule has 1 aliphatic rings. The van der Waals surface area contributed by atoms with E-state index >= 15 is 0 Å². The first kappa shape index (κ1) is 16.2. The maximum Gasteiger partial charge on any atom is 0.251 e. The summed E-state index contributed by atoms with van der Waals surface area (Å²) in [6, 6.07) is 4.14.